The van der Waals surface area contributed by atoms with Crippen molar-refractivity contribution < 1.29 is 24.2 Å². The predicted octanol–water partition coefficient (Wildman–Crippen LogP) is 1.79. The maximum atomic E-state index is 13.4. The van der Waals surface area contributed by atoms with Crippen molar-refractivity contribution in [1.82, 2.24) is 15.0 Å². The van der Waals surface area contributed by atoms with Gasteiger partial charge in [0.25, 0.3) is 11.5 Å². The molecule has 1 atom stereocenters. The van der Waals surface area contributed by atoms with Crippen molar-refractivity contribution in [2.45, 2.75) is 64.9 Å². The molecular weight excluding hydrogens is 464 g/mol. The maximum absolute atomic E-state index is 13.4. The Kier molecular flexibility index (Phi) is 5.42. The maximum Gasteiger partial charge on any atom is 0.343 e. The Bertz CT molecular complexity index is 1510. The van der Waals surface area contributed by atoms with E-state index in [1.807, 2.05) is 13.0 Å². The molecule has 2 aliphatic rings. The molecular formula is C26H28N4O6. The van der Waals surface area contributed by atoms with Gasteiger partial charge < -0.3 is 19.1 Å². The van der Waals surface area contributed by atoms with Gasteiger partial charge in [0.15, 0.2) is 11.2 Å². The van der Waals surface area contributed by atoms with E-state index in [0.29, 0.717) is 35.6 Å². The average Bonchev–Trinajstić information content (AvgIpc) is 3.23. The van der Waals surface area contributed by atoms with Crippen LogP contribution in [0.15, 0.2) is 29.1 Å². The second kappa shape index (κ2) is 8.14. The number of rotatable bonds is 5. The van der Waals surface area contributed by atoms with Crippen LogP contribution in [0.2, 0.25) is 0 Å². The van der Waals surface area contributed by atoms with E-state index in [-0.39, 0.29) is 29.7 Å². The van der Waals surface area contributed by atoms with Crippen LogP contribution in [-0.4, -0.2) is 32.1 Å². The molecule has 0 spiro atoms. The molecule has 5 rings (SSSR count). The number of benzene rings is 1. The molecule has 10 nitrogen and oxygen atoms in total. The highest BCUT2D eigenvalue weighted by atomic mass is 16.6. The van der Waals surface area contributed by atoms with Gasteiger partial charge in [-0.3, -0.25) is 15.0 Å². The van der Waals surface area contributed by atoms with E-state index in [2.05, 4.69) is 5.43 Å². The van der Waals surface area contributed by atoms with Crippen molar-refractivity contribution >= 4 is 22.8 Å². The third-order valence-corrected chi connectivity index (χ3v) is 7.18. The van der Waals surface area contributed by atoms with Gasteiger partial charge in [0, 0.05) is 16.5 Å². The summed E-state index contributed by atoms with van der Waals surface area (Å²) >= 11 is 0. The van der Waals surface area contributed by atoms with Gasteiger partial charge in [-0.15, -0.1) is 0 Å². The average molecular weight is 493 g/mol. The number of carbonyl (C=O) groups is 2. The van der Waals surface area contributed by atoms with E-state index in [1.165, 1.54) is 0 Å². The van der Waals surface area contributed by atoms with Crippen molar-refractivity contribution in [3.63, 3.8) is 0 Å². The summed E-state index contributed by atoms with van der Waals surface area (Å²) in [7, 11) is 0. The number of nitrogens with two attached hydrogens (primary N) is 1. The number of pyridine rings is 2. The first-order valence-electron chi connectivity index (χ1n) is 11.9. The summed E-state index contributed by atoms with van der Waals surface area (Å²) in [6.07, 6.45) is 0.752. The molecule has 0 aliphatic carbocycles. The summed E-state index contributed by atoms with van der Waals surface area (Å²) in [6, 6.07) is 7.08. The van der Waals surface area contributed by atoms with Crippen LogP contribution in [0.4, 0.5) is 0 Å². The number of esters is 1. The Morgan fingerprint density at radius 2 is 2.03 bits per heavy atom. The first-order valence-corrected chi connectivity index (χ1v) is 11.9. The molecule has 0 fully saturated rings. The number of hydrazine groups is 1. The first kappa shape index (κ1) is 24.0. The summed E-state index contributed by atoms with van der Waals surface area (Å²) in [5, 5.41) is 11.9. The number of fused-ring (bicyclic) bond motifs is 5. The lowest BCUT2D eigenvalue weighted by Crippen LogP contribution is -2.49. The molecule has 1 amide bonds. The molecule has 4 N–H and O–H groups in total. The van der Waals surface area contributed by atoms with Crippen molar-refractivity contribution in [2.24, 2.45) is 5.84 Å². The van der Waals surface area contributed by atoms with E-state index in [1.54, 1.807) is 43.5 Å². The van der Waals surface area contributed by atoms with Gasteiger partial charge in [0.1, 0.15) is 12.4 Å². The minimum Gasteiger partial charge on any atom is -0.478 e. The van der Waals surface area contributed by atoms with Gasteiger partial charge in [-0.05, 0) is 56.5 Å². The van der Waals surface area contributed by atoms with Crippen LogP contribution >= 0.6 is 0 Å². The highest BCUT2D eigenvalue weighted by Gasteiger charge is 2.45. The summed E-state index contributed by atoms with van der Waals surface area (Å²) in [6.45, 7) is 7.08. The fourth-order valence-corrected chi connectivity index (χ4v) is 5.12. The van der Waals surface area contributed by atoms with Crippen molar-refractivity contribution in [2.75, 3.05) is 0 Å². The van der Waals surface area contributed by atoms with Crippen molar-refractivity contribution in [3.8, 4) is 17.1 Å². The SMILES string of the molecule is CCc1c2c(nc3ccc(OC(C)(C)C(=O)NN)cc13)-c1cc3c(c(=O)n1C2)COC(=O)[C@]3(O)CC. The standard InChI is InChI=1S/C26H28N4O6/c1-5-14-15-9-13(36-25(3,4)23(32)29-27)7-8-19(15)28-21-16(14)11-30-20(21)10-18-17(22(30)31)12-35-24(33)26(18,34)6-2/h7-10,34H,5-6,11-12,27H2,1-4H3,(H,29,32)/t26-/m0/s1. The number of aromatic nitrogens is 2. The summed E-state index contributed by atoms with van der Waals surface area (Å²) in [5.41, 5.74) is 3.13. The number of aryl methyl sites for hydroxylation is 1. The normalized spacial score (nSPS) is 18.3. The molecule has 3 aromatic rings. The van der Waals surface area contributed by atoms with Crippen LogP contribution in [0.3, 0.4) is 0 Å². The smallest absolute Gasteiger partial charge is 0.343 e. The predicted molar refractivity (Wildman–Crippen MR) is 131 cm³/mol. The molecule has 0 unspecified atom stereocenters. The van der Waals surface area contributed by atoms with E-state index in [0.717, 1.165) is 16.5 Å². The largest absolute Gasteiger partial charge is 0.478 e. The third-order valence-electron chi connectivity index (χ3n) is 7.18. The van der Waals surface area contributed by atoms with E-state index < -0.39 is 23.1 Å². The lowest BCUT2D eigenvalue weighted by atomic mass is 9.86. The molecule has 1 aromatic carbocycles. The summed E-state index contributed by atoms with van der Waals surface area (Å²) in [4.78, 5) is 42.8. The van der Waals surface area contributed by atoms with E-state index in [9.17, 15) is 19.5 Å². The molecule has 36 heavy (non-hydrogen) atoms. The fourth-order valence-electron chi connectivity index (χ4n) is 5.12. The zero-order valence-corrected chi connectivity index (χ0v) is 20.6. The Morgan fingerprint density at radius 3 is 2.69 bits per heavy atom. The number of aliphatic hydroxyl groups is 1. The molecule has 0 saturated heterocycles. The fraction of sp³-hybridized carbons (Fsp3) is 0.385. The monoisotopic (exact) mass is 492 g/mol. The molecule has 188 valence electrons. The minimum atomic E-state index is -1.87. The van der Waals surface area contributed by atoms with Crippen LogP contribution < -0.4 is 21.6 Å². The molecule has 2 aliphatic heterocycles. The number of ether oxygens (including phenoxy) is 2. The molecule has 10 heteroatoms. The van der Waals surface area contributed by atoms with Gasteiger partial charge in [-0.2, -0.15) is 0 Å². The zero-order chi connectivity index (χ0) is 26.0. The molecule has 2 aromatic heterocycles. The first-order chi connectivity index (χ1) is 17.1. The zero-order valence-electron chi connectivity index (χ0n) is 20.6. The van der Waals surface area contributed by atoms with Gasteiger partial charge in [0.2, 0.25) is 0 Å². The van der Waals surface area contributed by atoms with Crippen LogP contribution in [0.5, 0.6) is 5.75 Å². The molecule has 4 heterocycles. The lowest BCUT2D eigenvalue weighted by molar-refractivity contribution is -0.172. The number of amides is 1. The number of hydrogen-bond acceptors (Lipinski definition) is 8. The molecule has 0 saturated carbocycles. The quantitative estimate of drug-likeness (QED) is 0.165. The lowest BCUT2D eigenvalue weighted by Gasteiger charge is -2.31. The van der Waals surface area contributed by atoms with Crippen LogP contribution in [0.1, 0.15) is 56.4 Å². The Hall–Kier alpha value is -3.76. The third kappa shape index (κ3) is 3.32. The van der Waals surface area contributed by atoms with Crippen LogP contribution in [0, 0.1) is 0 Å². The molecule has 0 bridgehead atoms. The van der Waals surface area contributed by atoms with Crippen LogP contribution in [-0.2, 0) is 39.5 Å². The van der Waals surface area contributed by atoms with Gasteiger partial charge in [-0.25, -0.2) is 15.6 Å². The highest BCUT2D eigenvalue weighted by Crippen LogP contribution is 2.40. The summed E-state index contributed by atoms with van der Waals surface area (Å²) < 4.78 is 12.7. The number of nitrogens with one attached hydrogen (secondary N) is 1. The van der Waals surface area contributed by atoms with E-state index in [4.69, 9.17) is 20.3 Å². The number of carbonyl (C=O) groups excluding carboxylic acids is 2. The minimum absolute atomic E-state index is 0.0846. The number of nitrogens with zero attached hydrogens (tertiary/aromatic N) is 2. The molecule has 0 radical (unpaired) electrons. The number of hydrogen-bond donors (Lipinski definition) is 3. The van der Waals surface area contributed by atoms with Gasteiger partial charge in [0.05, 0.1) is 29.0 Å². The van der Waals surface area contributed by atoms with Crippen molar-refractivity contribution in [3.05, 3.63) is 56.9 Å². The van der Waals surface area contributed by atoms with E-state index >= 15 is 0 Å². The highest BCUT2D eigenvalue weighted by molar-refractivity contribution is 5.90. The van der Waals surface area contributed by atoms with Crippen LogP contribution in [0.25, 0.3) is 22.3 Å². The second-order valence-electron chi connectivity index (χ2n) is 9.64. The Morgan fingerprint density at radius 1 is 1.28 bits per heavy atom. The van der Waals surface area contributed by atoms with Gasteiger partial charge >= 0.3 is 5.97 Å². The van der Waals surface area contributed by atoms with Crippen molar-refractivity contribution in [1.29, 1.82) is 0 Å². The Labute approximate surface area is 207 Å². The Balaban J connectivity index is 1.68. The van der Waals surface area contributed by atoms with Gasteiger partial charge in [-0.1, -0.05) is 13.8 Å². The summed E-state index contributed by atoms with van der Waals surface area (Å²) in [5.74, 6) is 4.56. The second-order valence-corrected chi connectivity index (χ2v) is 9.64. The topological polar surface area (TPSA) is 146 Å². The number of cyclic esters (lactones) is 1.